The molecule has 0 radical (unpaired) electrons. The van der Waals surface area contributed by atoms with Gasteiger partial charge >= 0.3 is 5.97 Å². The molecule has 3 aromatic rings. The van der Waals surface area contributed by atoms with E-state index in [1.54, 1.807) is 11.6 Å². The van der Waals surface area contributed by atoms with Crippen molar-refractivity contribution in [2.75, 3.05) is 112 Å². The first-order valence-electron chi connectivity index (χ1n) is 26.3. The number of aromatic nitrogens is 3. The van der Waals surface area contributed by atoms with Crippen LogP contribution < -0.4 is 10.1 Å². The molecule has 0 saturated carbocycles. The third-order valence-electron chi connectivity index (χ3n) is 12.7. The van der Waals surface area contributed by atoms with Crippen molar-refractivity contribution in [3.05, 3.63) is 77.4 Å². The predicted molar refractivity (Wildman–Crippen MR) is 272 cm³/mol. The number of unbranched alkanes of at least 4 members (excludes halogenated alkanes) is 1. The minimum atomic E-state index is -1.30. The molecule has 19 nitrogen and oxygen atoms in total. The van der Waals surface area contributed by atoms with Crippen molar-refractivity contribution in [2.24, 2.45) is 5.92 Å². The van der Waals surface area contributed by atoms with Crippen molar-refractivity contribution in [1.29, 1.82) is 10.8 Å². The average Bonchev–Trinajstić information content (AvgIpc) is 4.11. The summed E-state index contributed by atoms with van der Waals surface area (Å²) in [7, 11) is 0. The lowest BCUT2D eigenvalue weighted by Gasteiger charge is -2.37. The number of nitrogens with zero attached hydrogens (tertiary/aromatic N) is 5. The normalized spacial score (nSPS) is 16.7. The van der Waals surface area contributed by atoms with Gasteiger partial charge in [0, 0.05) is 49.3 Å². The first-order valence-corrected chi connectivity index (χ1v) is 26.3. The standard InChI is InChI=1S/C53H79F3N8O11/c1-39(2)53(58)64(40(3)57)49-37-44-13-14-48(49)63(44)17-15-47(41-9-5-4-6-10-41)59-50(65)12-8-7-11-43-38-62(61-60-43)18-20-68-22-24-70-26-28-72-30-32-74-34-33-73-31-29-71-27-25-69-23-21-67-19-16-51(66)75-52-45(55)35-42(54)36-46(52)56/h4-6,9-10,35-36,38-39,44,47-49,57-58H,7-8,11-34,37H2,1-3H3,(H,59,65)/t44?,47-,48?,49?/m0/s1. The summed E-state index contributed by atoms with van der Waals surface area (Å²) >= 11 is 0. The minimum Gasteiger partial charge on any atom is -0.420 e. The summed E-state index contributed by atoms with van der Waals surface area (Å²) < 4.78 is 90.4. The lowest BCUT2D eigenvalue weighted by atomic mass is 9.93. The molecule has 418 valence electrons. The van der Waals surface area contributed by atoms with Crippen LogP contribution in [0.15, 0.2) is 48.7 Å². The molecule has 4 atom stereocenters. The van der Waals surface area contributed by atoms with Crippen LogP contribution in [0.5, 0.6) is 5.75 Å². The van der Waals surface area contributed by atoms with Crippen molar-refractivity contribution in [3.8, 4) is 5.75 Å². The van der Waals surface area contributed by atoms with Gasteiger partial charge in [0.05, 0.1) is 142 Å². The van der Waals surface area contributed by atoms with E-state index < -0.39 is 29.2 Å². The lowest BCUT2D eigenvalue weighted by Crippen LogP contribution is -2.50. The van der Waals surface area contributed by atoms with Gasteiger partial charge in [0.25, 0.3) is 0 Å². The van der Waals surface area contributed by atoms with Gasteiger partial charge in [-0.2, -0.15) is 0 Å². The molecule has 1 amide bonds. The van der Waals surface area contributed by atoms with Crippen molar-refractivity contribution in [3.63, 3.8) is 0 Å². The van der Waals surface area contributed by atoms with Gasteiger partial charge in [-0.15, -0.1) is 5.10 Å². The average molecular weight is 1060 g/mol. The van der Waals surface area contributed by atoms with Crippen LogP contribution in [-0.4, -0.2) is 179 Å². The van der Waals surface area contributed by atoms with Crippen LogP contribution in [0.3, 0.4) is 0 Å². The van der Waals surface area contributed by atoms with Crippen LogP contribution in [0.2, 0.25) is 0 Å². The highest BCUT2D eigenvalue weighted by molar-refractivity contribution is 5.98. The summed E-state index contributed by atoms with van der Waals surface area (Å²) in [5.41, 5.74) is 1.99. The second-order valence-electron chi connectivity index (χ2n) is 18.7. The maximum Gasteiger partial charge on any atom is 0.313 e. The molecule has 3 N–H and O–H groups in total. The van der Waals surface area contributed by atoms with Crippen LogP contribution in [0.25, 0.3) is 0 Å². The third-order valence-corrected chi connectivity index (χ3v) is 12.7. The Balaban J connectivity index is 0.772. The number of nitrogens with one attached hydrogen (secondary N) is 3. The number of rotatable bonds is 40. The SMILES string of the molecule is CC(=N)N(C(=N)C(C)C)C1CC2CCC1N2CC[C@H](NC(=O)CCCCc1cn(CCOCCOCCOCCOCCOCCOCCOCCOCCC(=O)Oc2c(F)cc(F)cc2F)nn1)c1ccccc1. The summed E-state index contributed by atoms with van der Waals surface area (Å²) in [5, 5.41) is 29.1. The Morgan fingerprint density at radius 3 is 1.83 bits per heavy atom. The molecule has 3 unspecified atom stereocenters. The number of hydrogen-bond donors (Lipinski definition) is 3. The smallest absolute Gasteiger partial charge is 0.313 e. The number of carbonyl (C=O) groups excluding carboxylic acids is 2. The molecule has 2 aliphatic heterocycles. The zero-order chi connectivity index (χ0) is 53.6. The number of carbonyl (C=O) groups is 2. The highest BCUT2D eigenvalue weighted by atomic mass is 19.1. The molecule has 2 aliphatic rings. The third kappa shape index (κ3) is 22.3. The molecule has 2 saturated heterocycles. The molecule has 22 heteroatoms. The number of hydrogen-bond acceptors (Lipinski definition) is 16. The molecule has 2 aromatic carbocycles. The quantitative estimate of drug-likeness (QED) is 0.0187. The van der Waals surface area contributed by atoms with Crippen LogP contribution in [-0.2, 0) is 60.4 Å². The van der Waals surface area contributed by atoms with Crippen molar-refractivity contribution in [1.82, 2.24) is 30.1 Å². The van der Waals surface area contributed by atoms with Gasteiger partial charge in [0.1, 0.15) is 11.7 Å². The van der Waals surface area contributed by atoms with Crippen LogP contribution >= 0.6 is 0 Å². The second-order valence-corrected chi connectivity index (χ2v) is 18.7. The first-order chi connectivity index (χ1) is 36.4. The van der Waals surface area contributed by atoms with Gasteiger partial charge in [-0.3, -0.25) is 25.3 Å². The number of fused-ring (bicyclic) bond motifs is 2. The van der Waals surface area contributed by atoms with Crippen LogP contribution in [0, 0.1) is 34.2 Å². The first kappa shape index (κ1) is 60.9. The summed E-state index contributed by atoms with van der Waals surface area (Å²) in [4.78, 5) is 29.6. The van der Waals surface area contributed by atoms with Crippen molar-refractivity contribution < 1.29 is 65.4 Å². The summed E-state index contributed by atoms with van der Waals surface area (Å²) in [5.74, 6) is -4.52. The van der Waals surface area contributed by atoms with Gasteiger partial charge in [-0.05, 0) is 57.4 Å². The van der Waals surface area contributed by atoms with E-state index in [0.717, 1.165) is 62.7 Å². The molecule has 5 rings (SSSR count). The maximum absolute atomic E-state index is 13.6. The van der Waals surface area contributed by atoms with E-state index >= 15 is 0 Å². The lowest BCUT2D eigenvalue weighted by molar-refractivity contribution is -0.136. The van der Waals surface area contributed by atoms with Gasteiger partial charge in [-0.25, -0.2) is 17.9 Å². The number of ether oxygens (including phenoxy) is 9. The Labute approximate surface area is 439 Å². The molecule has 3 heterocycles. The maximum atomic E-state index is 13.6. The number of benzene rings is 2. The number of amidine groups is 2. The minimum absolute atomic E-state index is 0.0436. The van der Waals surface area contributed by atoms with E-state index in [4.69, 9.17) is 48.7 Å². The Hall–Kier alpha value is -4.91. The van der Waals surface area contributed by atoms with Crippen LogP contribution in [0.4, 0.5) is 13.2 Å². The molecular formula is C53H79F3N8O11. The van der Waals surface area contributed by atoms with E-state index in [1.807, 2.05) is 43.1 Å². The van der Waals surface area contributed by atoms with E-state index in [1.165, 1.54) is 0 Å². The number of halogens is 3. The largest absolute Gasteiger partial charge is 0.420 e. The van der Waals surface area contributed by atoms with Gasteiger partial charge < -0.3 is 52.8 Å². The van der Waals surface area contributed by atoms with Crippen LogP contribution in [0.1, 0.15) is 89.4 Å². The van der Waals surface area contributed by atoms with E-state index in [-0.39, 0.29) is 50.2 Å². The molecule has 1 aromatic heterocycles. The van der Waals surface area contributed by atoms with E-state index in [0.29, 0.717) is 135 Å². The number of aryl methyl sites for hydroxylation is 1. The Morgan fingerprint density at radius 2 is 1.28 bits per heavy atom. The topological polar surface area (TPSA) is 214 Å². The van der Waals surface area contributed by atoms with Gasteiger partial charge in [-0.1, -0.05) is 49.4 Å². The fourth-order valence-electron chi connectivity index (χ4n) is 9.03. The van der Waals surface area contributed by atoms with Gasteiger partial charge in [0.2, 0.25) is 11.7 Å². The van der Waals surface area contributed by atoms with Gasteiger partial charge in [0.15, 0.2) is 11.6 Å². The molecule has 0 spiro atoms. The van der Waals surface area contributed by atoms with E-state index in [2.05, 4.69) is 37.4 Å². The zero-order valence-electron chi connectivity index (χ0n) is 44.0. The molecule has 0 aliphatic carbocycles. The summed E-state index contributed by atoms with van der Waals surface area (Å²) in [6.45, 7) is 13.1. The number of amides is 1. The zero-order valence-corrected chi connectivity index (χ0v) is 44.0. The highest BCUT2D eigenvalue weighted by Gasteiger charge is 2.49. The summed E-state index contributed by atoms with van der Waals surface area (Å²) in [6, 6.07) is 11.9. The van der Waals surface area contributed by atoms with E-state index in [9.17, 15) is 22.8 Å². The van der Waals surface area contributed by atoms with Crippen molar-refractivity contribution in [2.45, 2.75) is 109 Å². The fraction of sp³-hybridized carbons (Fsp3) is 0.660. The Kier molecular flexibility index (Phi) is 28.2. The predicted octanol–water partition coefficient (Wildman–Crippen LogP) is 6.32. The number of esters is 1. The second kappa shape index (κ2) is 34.7. The Bertz CT molecular complexity index is 2120. The Morgan fingerprint density at radius 1 is 0.733 bits per heavy atom. The monoisotopic (exact) mass is 1060 g/mol. The molecule has 75 heavy (non-hydrogen) atoms. The van der Waals surface area contributed by atoms with Crippen molar-refractivity contribution >= 4 is 23.5 Å². The fourth-order valence-corrected chi connectivity index (χ4v) is 9.03. The molecule has 2 bridgehead atoms. The highest BCUT2D eigenvalue weighted by Crippen LogP contribution is 2.41. The summed E-state index contributed by atoms with van der Waals surface area (Å²) in [6.07, 6.45) is 8.40. The molecule has 2 fully saturated rings. The molecular weight excluding hydrogens is 982 g/mol.